The van der Waals surface area contributed by atoms with Crippen LogP contribution in [0.2, 0.25) is 0 Å². The van der Waals surface area contributed by atoms with Crippen molar-refractivity contribution in [2.24, 2.45) is 0 Å². The van der Waals surface area contributed by atoms with Crippen LogP contribution in [0.1, 0.15) is 43.0 Å². The first-order valence-corrected chi connectivity index (χ1v) is 6.64. The van der Waals surface area contributed by atoms with Crippen LogP contribution in [-0.2, 0) is 4.79 Å². The molecule has 19 heavy (non-hydrogen) atoms. The average Bonchev–Trinajstić information content (AvgIpc) is 2.38. The third-order valence-corrected chi connectivity index (χ3v) is 3.48. The highest BCUT2D eigenvalue weighted by Gasteiger charge is 2.28. The van der Waals surface area contributed by atoms with Crippen molar-refractivity contribution in [3.8, 4) is 0 Å². The zero-order chi connectivity index (χ0) is 13.8. The molecule has 1 aliphatic rings. The Morgan fingerprint density at radius 2 is 2.16 bits per heavy atom. The van der Waals surface area contributed by atoms with Crippen LogP contribution in [-0.4, -0.2) is 29.2 Å². The van der Waals surface area contributed by atoms with Crippen LogP contribution in [0.5, 0.6) is 0 Å². The van der Waals surface area contributed by atoms with E-state index in [2.05, 4.69) is 0 Å². The Hall–Kier alpha value is -1.71. The minimum atomic E-state index is -0.411. The molecule has 0 spiro atoms. The van der Waals surface area contributed by atoms with Crippen LogP contribution in [0.4, 0.5) is 4.39 Å². The zero-order valence-electron chi connectivity index (χ0n) is 11.1. The van der Waals surface area contributed by atoms with Crippen molar-refractivity contribution in [3.05, 3.63) is 35.6 Å². The van der Waals surface area contributed by atoms with Crippen molar-refractivity contribution < 1.29 is 14.0 Å². The molecule has 0 aliphatic carbocycles. The molecule has 1 atom stereocenters. The van der Waals surface area contributed by atoms with E-state index < -0.39 is 5.82 Å². The maximum atomic E-state index is 13.2. The van der Waals surface area contributed by atoms with E-state index in [9.17, 15) is 14.0 Å². The SMILES string of the molecule is CC(=O)CC1CCCCN1C(=O)c1cccc(F)c1. The smallest absolute Gasteiger partial charge is 0.254 e. The minimum Gasteiger partial charge on any atom is -0.335 e. The highest BCUT2D eigenvalue weighted by Crippen LogP contribution is 2.22. The number of amides is 1. The number of Topliss-reactive ketones (excluding diaryl/α,β-unsaturated/α-hetero) is 1. The van der Waals surface area contributed by atoms with Crippen LogP contribution >= 0.6 is 0 Å². The molecule has 1 heterocycles. The van der Waals surface area contributed by atoms with Gasteiger partial charge in [0.2, 0.25) is 0 Å². The Balaban J connectivity index is 2.17. The van der Waals surface area contributed by atoms with Gasteiger partial charge in [0.05, 0.1) is 0 Å². The third-order valence-electron chi connectivity index (χ3n) is 3.48. The van der Waals surface area contributed by atoms with E-state index >= 15 is 0 Å². The van der Waals surface area contributed by atoms with Crippen LogP contribution in [0.3, 0.4) is 0 Å². The second kappa shape index (κ2) is 5.95. The summed E-state index contributed by atoms with van der Waals surface area (Å²) in [4.78, 5) is 25.4. The summed E-state index contributed by atoms with van der Waals surface area (Å²) in [5.74, 6) is -0.500. The van der Waals surface area contributed by atoms with Gasteiger partial charge in [0, 0.05) is 24.6 Å². The molecule has 1 unspecified atom stereocenters. The van der Waals surface area contributed by atoms with Gasteiger partial charge in [-0.1, -0.05) is 6.07 Å². The highest BCUT2D eigenvalue weighted by molar-refractivity contribution is 5.94. The van der Waals surface area contributed by atoms with E-state index in [-0.39, 0.29) is 17.7 Å². The third kappa shape index (κ3) is 3.40. The van der Waals surface area contributed by atoms with Gasteiger partial charge in [-0.15, -0.1) is 0 Å². The monoisotopic (exact) mass is 263 g/mol. The lowest BCUT2D eigenvalue weighted by atomic mass is 9.97. The molecule has 1 saturated heterocycles. The van der Waals surface area contributed by atoms with Crippen molar-refractivity contribution in [2.75, 3.05) is 6.54 Å². The standard InChI is InChI=1S/C15H18FNO2/c1-11(18)9-14-7-2-3-8-17(14)15(19)12-5-4-6-13(16)10-12/h4-6,10,14H,2-3,7-9H2,1H3. The molecule has 1 fully saturated rings. The minimum absolute atomic E-state index is 0.0398. The van der Waals surface area contributed by atoms with Gasteiger partial charge in [0.15, 0.2) is 0 Å². The quantitative estimate of drug-likeness (QED) is 0.841. The number of likely N-dealkylation sites (tertiary alicyclic amines) is 1. The van der Waals surface area contributed by atoms with Gasteiger partial charge in [-0.05, 0) is 44.4 Å². The number of ketones is 1. The molecule has 1 aliphatic heterocycles. The fourth-order valence-corrected chi connectivity index (χ4v) is 2.60. The molecule has 0 saturated carbocycles. The number of nitrogens with zero attached hydrogens (tertiary/aromatic N) is 1. The van der Waals surface area contributed by atoms with Gasteiger partial charge in [0.1, 0.15) is 11.6 Å². The molecule has 102 valence electrons. The summed E-state index contributed by atoms with van der Waals surface area (Å²) in [5.41, 5.74) is 0.357. The number of rotatable bonds is 3. The van der Waals surface area contributed by atoms with Gasteiger partial charge in [-0.2, -0.15) is 0 Å². The van der Waals surface area contributed by atoms with E-state index in [1.807, 2.05) is 0 Å². The van der Waals surface area contributed by atoms with Gasteiger partial charge in [-0.25, -0.2) is 4.39 Å². The number of piperidine rings is 1. The summed E-state index contributed by atoms with van der Waals surface area (Å²) in [6.45, 7) is 2.19. The topological polar surface area (TPSA) is 37.4 Å². The second-order valence-corrected chi connectivity index (χ2v) is 5.06. The number of carbonyl (C=O) groups excluding carboxylic acids is 2. The van der Waals surface area contributed by atoms with Crippen LogP contribution in [0, 0.1) is 5.82 Å². The van der Waals surface area contributed by atoms with Gasteiger partial charge >= 0.3 is 0 Å². The maximum absolute atomic E-state index is 13.2. The number of benzene rings is 1. The molecule has 0 aromatic heterocycles. The Morgan fingerprint density at radius 3 is 2.84 bits per heavy atom. The first-order chi connectivity index (χ1) is 9.08. The maximum Gasteiger partial charge on any atom is 0.254 e. The summed E-state index contributed by atoms with van der Waals surface area (Å²) < 4.78 is 13.2. The van der Waals surface area contributed by atoms with Crippen molar-refractivity contribution in [1.29, 1.82) is 0 Å². The van der Waals surface area contributed by atoms with E-state index in [4.69, 9.17) is 0 Å². The van der Waals surface area contributed by atoms with Crippen molar-refractivity contribution >= 4 is 11.7 Å². The van der Waals surface area contributed by atoms with Crippen molar-refractivity contribution in [3.63, 3.8) is 0 Å². The lowest BCUT2D eigenvalue weighted by molar-refractivity contribution is -0.118. The molecule has 1 aromatic carbocycles. The fraction of sp³-hybridized carbons (Fsp3) is 0.467. The zero-order valence-corrected chi connectivity index (χ0v) is 11.1. The lowest BCUT2D eigenvalue weighted by Crippen LogP contribution is -2.44. The molecule has 1 aromatic rings. The van der Waals surface area contributed by atoms with Gasteiger partial charge in [0.25, 0.3) is 5.91 Å². The fourth-order valence-electron chi connectivity index (χ4n) is 2.60. The number of hydrogen-bond acceptors (Lipinski definition) is 2. The summed E-state index contributed by atoms with van der Waals surface area (Å²) in [6, 6.07) is 5.68. The van der Waals surface area contributed by atoms with E-state index in [0.717, 1.165) is 19.3 Å². The van der Waals surface area contributed by atoms with Crippen LogP contribution in [0.25, 0.3) is 0 Å². The number of hydrogen-bond donors (Lipinski definition) is 0. The Kier molecular flexibility index (Phi) is 4.30. The molecular formula is C15H18FNO2. The summed E-state index contributed by atoms with van der Waals surface area (Å²) in [5, 5.41) is 0. The molecule has 1 amide bonds. The molecule has 0 N–H and O–H groups in total. The van der Waals surface area contributed by atoms with Crippen molar-refractivity contribution in [2.45, 2.75) is 38.6 Å². The normalized spacial score (nSPS) is 19.3. The Morgan fingerprint density at radius 1 is 1.37 bits per heavy atom. The lowest BCUT2D eigenvalue weighted by Gasteiger charge is -2.35. The first-order valence-electron chi connectivity index (χ1n) is 6.64. The van der Waals surface area contributed by atoms with E-state index in [1.165, 1.54) is 18.2 Å². The molecule has 2 rings (SSSR count). The summed E-state index contributed by atoms with van der Waals surface area (Å²) in [7, 11) is 0. The van der Waals surface area contributed by atoms with Gasteiger partial charge in [-0.3, -0.25) is 9.59 Å². The predicted molar refractivity (Wildman–Crippen MR) is 70.4 cm³/mol. The average molecular weight is 263 g/mol. The van der Waals surface area contributed by atoms with E-state index in [0.29, 0.717) is 18.5 Å². The largest absolute Gasteiger partial charge is 0.335 e. The molecular weight excluding hydrogens is 245 g/mol. The van der Waals surface area contributed by atoms with E-state index in [1.54, 1.807) is 17.9 Å². The number of halogens is 1. The first kappa shape index (κ1) is 13.7. The van der Waals surface area contributed by atoms with Crippen LogP contribution < -0.4 is 0 Å². The Bertz CT molecular complexity index is 487. The molecule has 0 radical (unpaired) electrons. The van der Waals surface area contributed by atoms with Crippen molar-refractivity contribution in [1.82, 2.24) is 4.90 Å². The molecule has 4 heteroatoms. The molecule has 3 nitrogen and oxygen atoms in total. The summed E-state index contributed by atoms with van der Waals surface area (Å²) >= 11 is 0. The predicted octanol–water partition coefficient (Wildman–Crippen LogP) is 2.80. The second-order valence-electron chi connectivity index (χ2n) is 5.06. The Labute approximate surface area is 112 Å². The highest BCUT2D eigenvalue weighted by atomic mass is 19.1. The molecule has 0 bridgehead atoms. The van der Waals surface area contributed by atoms with Gasteiger partial charge < -0.3 is 4.90 Å². The summed E-state index contributed by atoms with van der Waals surface area (Å²) in [6.07, 6.45) is 3.21. The number of carbonyl (C=O) groups is 2. The van der Waals surface area contributed by atoms with Crippen LogP contribution in [0.15, 0.2) is 24.3 Å².